The number of benzene rings is 2. The van der Waals surface area contributed by atoms with Crippen molar-refractivity contribution in [2.75, 3.05) is 4.90 Å². The molecule has 4 rings (SSSR count). The van der Waals surface area contributed by atoms with Crippen LogP contribution < -0.4 is 10.2 Å². The summed E-state index contributed by atoms with van der Waals surface area (Å²) in [6.07, 6.45) is 1.32. The summed E-state index contributed by atoms with van der Waals surface area (Å²) in [5, 5.41) is 22.8. The summed E-state index contributed by atoms with van der Waals surface area (Å²) in [6.45, 7) is 3.71. The number of aryl methyl sites for hydroxylation is 2. The molecule has 0 spiro atoms. The zero-order valence-corrected chi connectivity index (χ0v) is 19.7. The number of rotatable bonds is 5. The Morgan fingerprint density at radius 3 is 2.52 bits per heavy atom. The minimum Gasteiger partial charge on any atom is -0.298 e. The lowest BCUT2D eigenvalue weighted by Crippen LogP contribution is -2.54. The van der Waals surface area contributed by atoms with Crippen LogP contribution in [-0.4, -0.2) is 32.0 Å². The summed E-state index contributed by atoms with van der Waals surface area (Å²) in [5.74, 6) is -1.28. The highest BCUT2D eigenvalue weighted by Gasteiger charge is 2.34. The van der Waals surface area contributed by atoms with Gasteiger partial charge in [0.1, 0.15) is 10.6 Å². The molecule has 0 radical (unpaired) electrons. The number of amides is 2. The van der Waals surface area contributed by atoms with Gasteiger partial charge in [-0.2, -0.15) is 0 Å². The summed E-state index contributed by atoms with van der Waals surface area (Å²) in [4.78, 5) is 38.4. The van der Waals surface area contributed by atoms with Crippen molar-refractivity contribution in [1.82, 2.24) is 15.5 Å². The van der Waals surface area contributed by atoms with Gasteiger partial charge in [-0.15, -0.1) is 10.2 Å². The third kappa shape index (κ3) is 4.82. The van der Waals surface area contributed by atoms with E-state index in [4.69, 9.17) is 12.2 Å². The molecule has 0 atom stereocenters. The molecule has 1 saturated heterocycles. The summed E-state index contributed by atoms with van der Waals surface area (Å²) >= 11 is 7.65. The third-order valence-electron chi connectivity index (χ3n) is 4.59. The van der Waals surface area contributed by atoms with Crippen molar-refractivity contribution < 1.29 is 14.5 Å². The lowest BCUT2D eigenvalue weighted by atomic mass is 10.1. The van der Waals surface area contributed by atoms with Crippen LogP contribution >= 0.6 is 35.3 Å². The van der Waals surface area contributed by atoms with Gasteiger partial charge >= 0.3 is 0 Å². The second-order valence-corrected chi connectivity index (χ2v) is 9.82. The molecule has 3 aromatic rings. The predicted octanol–water partition coefficient (Wildman–Crippen LogP) is 4.05. The van der Waals surface area contributed by atoms with E-state index in [9.17, 15) is 19.7 Å². The number of anilines is 1. The van der Waals surface area contributed by atoms with Gasteiger partial charge in [0.05, 0.1) is 15.5 Å². The van der Waals surface area contributed by atoms with E-state index < -0.39 is 16.7 Å². The van der Waals surface area contributed by atoms with Crippen LogP contribution in [0.15, 0.2) is 57.3 Å². The summed E-state index contributed by atoms with van der Waals surface area (Å²) in [6, 6.07) is 11.6. The van der Waals surface area contributed by atoms with Crippen molar-refractivity contribution in [2.45, 2.75) is 23.1 Å². The maximum atomic E-state index is 13.1. The maximum absolute atomic E-state index is 13.1. The minimum atomic E-state index is -0.668. The largest absolute Gasteiger partial charge is 0.298 e. The Labute approximate surface area is 201 Å². The number of nitro benzene ring substituents is 1. The lowest BCUT2D eigenvalue weighted by molar-refractivity contribution is -0.387. The average Bonchev–Trinajstić information content (AvgIpc) is 3.17. The molecule has 12 heteroatoms. The van der Waals surface area contributed by atoms with Gasteiger partial charge in [-0.1, -0.05) is 46.9 Å². The van der Waals surface area contributed by atoms with Gasteiger partial charge < -0.3 is 0 Å². The van der Waals surface area contributed by atoms with Crippen molar-refractivity contribution in [2.24, 2.45) is 0 Å². The zero-order chi connectivity index (χ0) is 23.7. The Kier molecular flexibility index (Phi) is 6.31. The van der Waals surface area contributed by atoms with Crippen molar-refractivity contribution in [1.29, 1.82) is 0 Å². The molecular formula is C21H15N5O4S3. The van der Waals surface area contributed by atoms with Crippen LogP contribution in [0, 0.1) is 24.0 Å². The fraction of sp³-hybridized carbons (Fsp3) is 0.0952. The standard InChI is InChI=1S/C21H15N5O4S3/c1-11-3-6-14(7-4-11)25-19(28)15(18(27)22-20(25)31)9-13-5-8-17(16(10-13)26(29)30)33-21-24-23-12(2)32-21/h3-10H,1-2H3,(H,22,27,31)/b15-9+. The van der Waals surface area contributed by atoms with Crippen LogP contribution in [-0.2, 0) is 9.59 Å². The molecule has 9 nitrogen and oxygen atoms in total. The summed E-state index contributed by atoms with van der Waals surface area (Å²) in [7, 11) is 0. The highest BCUT2D eigenvalue weighted by Crippen LogP contribution is 2.37. The molecule has 2 heterocycles. The third-order valence-corrected chi connectivity index (χ3v) is 6.83. The van der Waals surface area contributed by atoms with Crippen molar-refractivity contribution >= 4 is 69.7 Å². The Morgan fingerprint density at radius 1 is 1.15 bits per heavy atom. The number of hydrogen-bond acceptors (Lipinski definition) is 9. The van der Waals surface area contributed by atoms with Crippen LogP contribution in [0.1, 0.15) is 16.1 Å². The number of nitrogens with zero attached hydrogens (tertiary/aromatic N) is 4. The SMILES string of the molecule is Cc1ccc(N2C(=O)/C(=C/c3ccc(Sc4nnc(C)s4)c([N+](=O)[O-])c3)C(=O)NC2=S)cc1. The van der Waals surface area contributed by atoms with Crippen molar-refractivity contribution in [3.05, 3.63) is 74.3 Å². The molecule has 1 aliphatic rings. The van der Waals surface area contributed by atoms with E-state index >= 15 is 0 Å². The van der Waals surface area contributed by atoms with Crippen molar-refractivity contribution in [3.8, 4) is 0 Å². The summed E-state index contributed by atoms with van der Waals surface area (Å²) in [5.41, 5.74) is 1.49. The first-order chi connectivity index (χ1) is 15.7. The van der Waals surface area contributed by atoms with E-state index in [1.165, 1.54) is 28.4 Å². The van der Waals surface area contributed by atoms with Crippen molar-refractivity contribution in [3.63, 3.8) is 0 Å². The fourth-order valence-electron chi connectivity index (χ4n) is 3.02. The molecule has 1 N–H and O–H groups in total. The molecule has 33 heavy (non-hydrogen) atoms. The van der Waals surface area contributed by atoms with Gasteiger partial charge in [0.25, 0.3) is 17.5 Å². The molecule has 1 fully saturated rings. The van der Waals surface area contributed by atoms with Gasteiger partial charge in [0, 0.05) is 6.07 Å². The smallest absolute Gasteiger partial charge is 0.283 e. The predicted molar refractivity (Wildman–Crippen MR) is 129 cm³/mol. The number of nitro groups is 1. The van der Waals surface area contributed by atoms with Crippen LogP contribution in [0.5, 0.6) is 0 Å². The fourth-order valence-corrected chi connectivity index (χ4v) is 5.16. The van der Waals surface area contributed by atoms with Crippen LogP contribution in [0.3, 0.4) is 0 Å². The van der Waals surface area contributed by atoms with Gasteiger partial charge in [0.15, 0.2) is 9.45 Å². The Balaban J connectivity index is 1.69. The number of thiocarbonyl (C=S) groups is 1. The van der Waals surface area contributed by atoms with E-state index in [0.717, 1.165) is 22.3 Å². The van der Waals surface area contributed by atoms with E-state index in [-0.39, 0.29) is 16.4 Å². The first-order valence-electron chi connectivity index (χ1n) is 9.47. The highest BCUT2D eigenvalue weighted by atomic mass is 32.2. The topological polar surface area (TPSA) is 118 Å². The van der Waals surface area contributed by atoms with E-state index in [1.807, 2.05) is 19.1 Å². The lowest BCUT2D eigenvalue weighted by Gasteiger charge is -2.29. The Morgan fingerprint density at radius 2 is 1.88 bits per heavy atom. The normalized spacial score (nSPS) is 15.2. The second kappa shape index (κ2) is 9.17. The molecule has 0 unspecified atom stereocenters. The number of carbonyl (C=O) groups excluding carboxylic acids is 2. The number of hydrogen-bond donors (Lipinski definition) is 1. The molecule has 0 saturated carbocycles. The van der Waals surface area contributed by atoms with Gasteiger partial charge in [-0.3, -0.25) is 29.9 Å². The quantitative estimate of drug-likeness (QED) is 0.184. The van der Waals surface area contributed by atoms with E-state index in [2.05, 4.69) is 15.5 Å². The van der Waals surface area contributed by atoms with Gasteiger partial charge in [-0.25, -0.2) is 0 Å². The molecule has 2 aromatic carbocycles. The first-order valence-corrected chi connectivity index (χ1v) is 11.5. The van der Waals surface area contributed by atoms with E-state index in [1.54, 1.807) is 31.2 Å². The molecule has 2 amide bonds. The van der Waals surface area contributed by atoms with Crippen LogP contribution in [0.4, 0.5) is 11.4 Å². The zero-order valence-electron chi connectivity index (χ0n) is 17.3. The molecule has 0 bridgehead atoms. The molecule has 0 aliphatic carbocycles. The molecular weight excluding hydrogens is 482 g/mol. The van der Waals surface area contributed by atoms with Crippen LogP contribution in [0.2, 0.25) is 0 Å². The molecule has 1 aromatic heterocycles. The Hall–Kier alpha value is -3.48. The number of nitrogens with one attached hydrogen (secondary N) is 1. The first kappa shape index (κ1) is 22.7. The minimum absolute atomic E-state index is 0.0314. The number of carbonyl (C=O) groups is 2. The molecule has 1 aliphatic heterocycles. The average molecular weight is 498 g/mol. The summed E-state index contributed by atoms with van der Waals surface area (Å²) < 4.78 is 0.575. The van der Waals surface area contributed by atoms with E-state index in [0.29, 0.717) is 20.5 Å². The van der Waals surface area contributed by atoms with Gasteiger partial charge in [-0.05, 0) is 55.9 Å². The van der Waals surface area contributed by atoms with Gasteiger partial charge in [0.2, 0.25) is 0 Å². The molecule has 166 valence electrons. The number of aromatic nitrogens is 2. The Bertz CT molecular complexity index is 1330. The second-order valence-electron chi connectivity index (χ2n) is 6.97. The monoisotopic (exact) mass is 497 g/mol. The van der Waals surface area contributed by atoms with Crippen LogP contribution in [0.25, 0.3) is 6.08 Å². The maximum Gasteiger partial charge on any atom is 0.283 e. The highest BCUT2D eigenvalue weighted by molar-refractivity contribution is 8.01.